The molecule has 0 unspecified atom stereocenters. The lowest BCUT2D eigenvalue weighted by Crippen LogP contribution is -2.28. The molecule has 66 valence electrons. The quantitative estimate of drug-likeness (QED) is 0.706. The smallest absolute Gasteiger partial charge is 0.407 e. The van der Waals surface area contributed by atoms with E-state index in [2.05, 4.69) is 9.97 Å². The molecule has 0 spiro atoms. The van der Waals surface area contributed by atoms with Crippen molar-refractivity contribution in [3.63, 3.8) is 0 Å². The average Bonchev–Trinajstić information content (AvgIpc) is 2.51. The van der Waals surface area contributed by atoms with Crippen LogP contribution in [-0.4, -0.2) is 32.6 Å². The number of rotatable bonds is 3. The molecule has 1 aromatic heterocycles. The highest BCUT2D eigenvalue weighted by Gasteiger charge is 2.09. The summed E-state index contributed by atoms with van der Waals surface area (Å²) in [5.74, 6) is 0.666. The average molecular weight is 169 g/mol. The van der Waals surface area contributed by atoms with Crippen LogP contribution in [0.25, 0.3) is 0 Å². The summed E-state index contributed by atoms with van der Waals surface area (Å²) in [6.07, 6.45) is 2.35. The molecule has 0 atom stereocenters. The van der Waals surface area contributed by atoms with Gasteiger partial charge in [-0.3, -0.25) is 0 Å². The molecule has 5 heteroatoms. The number of aromatic amines is 1. The number of nitrogens with zero attached hydrogens (tertiary/aromatic N) is 2. The van der Waals surface area contributed by atoms with Gasteiger partial charge in [-0.2, -0.15) is 0 Å². The SMILES string of the molecule is CCN(Cc1ncc[nH]1)C(=O)O. The van der Waals surface area contributed by atoms with E-state index in [-0.39, 0.29) is 0 Å². The second-order valence-corrected chi connectivity index (χ2v) is 2.33. The third kappa shape index (κ3) is 1.98. The van der Waals surface area contributed by atoms with E-state index in [0.29, 0.717) is 18.9 Å². The Labute approximate surface area is 70.0 Å². The van der Waals surface area contributed by atoms with Crippen molar-refractivity contribution >= 4 is 6.09 Å². The second kappa shape index (κ2) is 3.75. The van der Waals surface area contributed by atoms with Crippen molar-refractivity contribution < 1.29 is 9.90 Å². The van der Waals surface area contributed by atoms with Crippen molar-refractivity contribution in [2.24, 2.45) is 0 Å². The summed E-state index contributed by atoms with van der Waals surface area (Å²) in [4.78, 5) is 18.6. The third-order valence-electron chi connectivity index (χ3n) is 1.55. The summed E-state index contributed by atoms with van der Waals surface area (Å²) in [5.41, 5.74) is 0. The fourth-order valence-electron chi connectivity index (χ4n) is 0.880. The maximum Gasteiger partial charge on any atom is 0.407 e. The number of imidazole rings is 1. The minimum atomic E-state index is -0.922. The number of hydrogen-bond donors (Lipinski definition) is 2. The van der Waals surface area contributed by atoms with Gasteiger partial charge < -0.3 is 15.0 Å². The molecular formula is C7H11N3O2. The first-order chi connectivity index (χ1) is 5.74. The zero-order valence-corrected chi connectivity index (χ0v) is 6.82. The largest absolute Gasteiger partial charge is 0.465 e. The Morgan fingerprint density at radius 1 is 1.83 bits per heavy atom. The molecule has 0 aliphatic rings. The van der Waals surface area contributed by atoms with Crippen LogP contribution < -0.4 is 0 Å². The number of nitrogens with one attached hydrogen (secondary N) is 1. The van der Waals surface area contributed by atoms with E-state index in [0.717, 1.165) is 0 Å². The van der Waals surface area contributed by atoms with E-state index in [1.807, 2.05) is 0 Å². The number of aromatic nitrogens is 2. The van der Waals surface area contributed by atoms with Crippen LogP contribution in [0.1, 0.15) is 12.7 Å². The molecular weight excluding hydrogens is 158 g/mol. The molecule has 1 amide bonds. The van der Waals surface area contributed by atoms with Crippen LogP contribution in [0.5, 0.6) is 0 Å². The highest BCUT2D eigenvalue weighted by Crippen LogP contribution is 1.97. The Kier molecular flexibility index (Phi) is 2.68. The number of hydrogen-bond acceptors (Lipinski definition) is 2. The summed E-state index contributed by atoms with van der Waals surface area (Å²) in [5, 5.41) is 8.66. The van der Waals surface area contributed by atoms with Gasteiger partial charge in [-0.25, -0.2) is 9.78 Å². The molecule has 5 nitrogen and oxygen atoms in total. The number of carboxylic acid groups (broad SMARTS) is 1. The predicted molar refractivity (Wildman–Crippen MR) is 42.7 cm³/mol. The van der Waals surface area contributed by atoms with Crippen LogP contribution >= 0.6 is 0 Å². The van der Waals surface area contributed by atoms with Crippen LogP contribution in [0.15, 0.2) is 12.4 Å². The maximum atomic E-state index is 10.5. The Morgan fingerprint density at radius 2 is 2.58 bits per heavy atom. The lowest BCUT2D eigenvalue weighted by molar-refractivity contribution is 0.144. The fourth-order valence-corrected chi connectivity index (χ4v) is 0.880. The van der Waals surface area contributed by atoms with Gasteiger partial charge in [-0.05, 0) is 6.92 Å². The summed E-state index contributed by atoms with van der Waals surface area (Å²) in [6, 6.07) is 0. The minimum Gasteiger partial charge on any atom is -0.465 e. The Balaban J connectivity index is 2.54. The molecule has 0 saturated heterocycles. The van der Waals surface area contributed by atoms with E-state index in [1.54, 1.807) is 19.3 Å². The molecule has 12 heavy (non-hydrogen) atoms. The maximum absolute atomic E-state index is 10.5. The van der Waals surface area contributed by atoms with Crippen LogP contribution in [0.2, 0.25) is 0 Å². The van der Waals surface area contributed by atoms with Gasteiger partial charge in [0.15, 0.2) is 0 Å². The van der Waals surface area contributed by atoms with Gasteiger partial charge in [0.05, 0.1) is 6.54 Å². The molecule has 0 bridgehead atoms. The van der Waals surface area contributed by atoms with Crippen molar-refractivity contribution in [1.29, 1.82) is 0 Å². The van der Waals surface area contributed by atoms with Crippen molar-refractivity contribution in [3.8, 4) is 0 Å². The molecule has 2 N–H and O–H groups in total. The summed E-state index contributed by atoms with van der Waals surface area (Å²) >= 11 is 0. The molecule has 0 saturated carbocycles. The topological polar surface area (TPSA) is 69.2 Å². The Morgan fingerprint density at radius 3 is 3.00 bits per heavy atom. The molecule has 0 fully saturated rings. The van der Waals surface area contributed by atoms with Crippen LogP contribution in [0.4, 0.5) is 4.79 Å². The van der Waals surface area contributed by atoms with Gasteiger partial charge >= 0.3 is 6.09 Å². The first kappa shape index (κ1) is 8.58. The molecule has 1 aromatic rings. The van der Waals surface area contributed by atoms with E-state index in [9.17, 15) is 4.79 Å². The van der Waals surface area contributed by atoms with Crippen molar-refractivity contribution in [3.05, 3.63) is 18.2 Å². The molecule has 0 aliphatic heterocycles. The summed E-state index contributed by atoms with van der Waals surface area (Å²) in [7, 11) is 0. The predicted octanol–water partition coefficient (Wildman–Crippen LogP) is 0.910. The van der Waals surface area contributed by atoms with Gasteiger partial charge in [0.1, 0.15) is 5.82 Å². The highest BCUT2D eigenvalue weighted by molar-refractivity contribution is 5.64. The van der Waals surface area contributed by atoms with E-state index in [1.165, 1.54) is 4.90 Å². The van der Waals surface area contributed by atoms with Crippen LogP contribution in [0.3, 0.4) is 0 Å². The van der Waals surface area contributed by atoms with Gasteiger partial charge in [-0.1, -0.05) is 0 Å². The lowest BCUT2D eigenvalue weighted by Gasteiger charge is -2.14. The number of H-pyrrole nitrogens is 1. The molecule has 0 aliphatic carbocycles. The zero-order valence-electron chi connectivity index (χ0n) is 6.82. The first-order valence-corrected chi connectivity index (χ1v) is 3.70. The fraction of sp³-hybridized carbons (Fsp3) is 0.429. The van der Waals surface area contributed by atoms with Gasteiger partial charge in [-0.15, -0.1) is 0 Å². The van der Waals surface area contributed by atoms with Crippen LogP contribution in [-0.2, 0) is 6.54 Å². The standard InChI is InChI=1S/C7H11N3O2/c1-2-10(7(11)12)5-6-8-3-4-9-6/h3-4H,2,5H2,1H3,(H,8,9)(H,11,12). The summed E-state index contributed by atoms with van der Waals surface area (Å²) in [6.45, 7) is 2.58. The van der Waals surface area contributed by atoms with Crippen molar-refractivity contribution in [2.75, 3.05) is 6.54 Å². The van der Waals surface area contributed by atoms with Gasteiger partial charge in [0, 0.05) is 18.9 Å². The first-order valence-electron chi connectivity index (χ1n) is 3.70. The Bertz CT molecular complexity index is 245. The molecule has 1 rings (SSSR count). The number of amides is 1. The molecule has 0 radical (unpaired) electrons. The molecule has 1 heterocycles. The lowest BCUT2D eigenvalue weighted by atomic mass is 10.5. The normalized spacial score (nSPS) is 9.75. The van der Waals surface area contributed by atoms with Crippen LogP contribution in [0, 0.1) is 0 Å². The van der Waals surface area contributed by atoms with E-state index < -0.39 is 6.09 Å². The second-order valence-electron chi connectivity index (χ2n) is 2.33. The van der Waals surface area contributed by atoms with Gasteiger partial charge in [0.25, 0.3) is 0 Å². The number of carbonyl (C=O) groups is 1. The Hall–Kier alpha value is -1.52. The zero-order chi connectivity index (χ0) is 8.97. The monoisotopic (exact) mass is 169 g/mol. The minimum absolute atomic E-state index is 0.318. The summed E-state index contributed by atoms with van der Waals surface area (Å²) < 4.78 is 0. The van der Waals surface area contributed by atoms with Gasteiger partial charge in [0.2, 0.25) is 0 Å². The third-order valence-corrected chi connectivity index (χ3v) is 1.55. The van der Waals surface area contributed by atoms with E-state index >= 15 is 0 Å². The molecule has 0 aromatic carbocycles. The van der Waals surface area contributed by atoms with Crippen molar-refractivity contribution in [1.82, 2.24) is 14.9 Å². The van der Waals surface area contributed by atoms with E-state index in [4.69, 9.17) is 5.11 Å². The highest BCUT2D eigenvalue weighted by atomic mass is 16.4. The van der Waals surface area contributed by atoms with Crippen molar-refractivity contribution in [2.45, 2.75) is 13.5 Å².